The maximum Gasteiger partial charge on any atom is 0.0635 e. The van der Waals surface area contributed by atoms with E-state index in [4.69, 9.17) is 5.26 Å². The van der Waals surface area contributed by atoms with Gasteiger partial charge < -0.3 is 0 Å². The lowest BCUT2D eigenvalue weighted by atomic mass is 10.1. The van der Waals surface area contributed by atoms with Gasteiger partial charge in [0.25, 0.3) is 0 Å². The largest absolute Gasteiger partial charge is 0.300 e. The fourth-order valence-electron chi connectivity index (χ4n) is 2.27. The van der Waals surface area contributed by atoms with Crippen LogP contribution in [0, 0.1) is 11.3 Å². The Morgan fingerprint density at radius 1 is 0.889 bits per heavy atom. The number of nitriles is 1. The summed E-state index contributed by atoms with van der Waals surface area (Å²) < 4.78 is 0. The van der Waals surface area contributed by atoms with Crippen LogP contribution in [0.5, 0.6) is 0 Å². The highest BCUT2D eigenvalue weighted by molar-refractivity contribution is 4.73. The molecule has 0 aliphatic rings. The van der Waals surface area contributed by atoms with E-state index in [0.29, 0.717) is 12.5 Å². The molecule has 0 aromatic rings. The average Bonchev–Trinajstić information content (AvgIpc) is 2.35. The van der Waals surface area contributed by atoms with Gasteiger partial charge in [-0.25, -0.2) is 0 Å². The molecule has 0 bridgehead atoms. The normalized spacial score (nSPS) is 11.1. The minimum atomic E-state index is 0.572. The highest BCUT2D eigenvalue weighted by atomic mass is 15.1. The first-order valence-corrected chi connectivity index (χ1v) is 7.83. The molecule has 0 aliphatic heterocycles. The Bertz CT molecular complexity index is 206. The second-order valence-electron chi connectivity index (χ2n) is 5.51. The van der Waals surface area contributed by atoms with Gasteiger partial charge in [-0.1, -0.05) is 51.9 Å². The Labute approximate surface area is 114 Å². The fourth-order valence-corrected chi connectivity index (χ4v) is 2.27. The lowest BCUT2D eigenvalue weighted by Gasteiger charge is -2.25. The molecule has 2 heteroatoms. The summed E-state index contributed by atoms with van der Waals surface area (Å²) in [6, 6.07) is 2.81. The van der Waals surface area contributed by atoms with Crippen molar-refractivity contribution in [2.45, 2.75) is 84.6 Å². The summed E-state index contributed by atoms with van der Waals surface area (Å²) in [5.74, 6) is 0. The highest BCUT2D eigenvalue weighted by Crippen LogP contribution is 2.10. The van der Waals surface area contributed by atoms with Crippen LogP contribution in [-0.4, -0.2) is 24.0 Å². The maximum atomic E-state index is 8.63. The second kappa shape index (κ2) is 12.9. The van der Waals surface area contributed by atoms with Crippen molar-refractivity contribution in [2.75, 3.05) is 13.1 Å². The van der Waals surface area contributed by atoms with Gasteiger partial charge in [0.2, 0.25) is 0 Å². The molecule has 0 saturated carbocycles. The zero-order valence-corrected chi connectivity index (χ0v) is 12.7. The molecule has 0 rings (SSSR count). The van der Waals surface area contributed by atoms with E-state index in [1.165, 1.54) is 51.4 Å². The smallest absolute Gasteiger partial charge is 0.0635 e. The number of nitrogens with zero attached hydrogens (tertiary/aromatic N) is 2. The Morgan fingerprint density at radius 3 is 1.94 bits per heavy atom. The summed E-state index contributed by atoms with van der Waals surface area (Å²) in [5.41, 5.74) is 0. The zero-order valence-electron chi connectivity index (χ0n) is 12.7. The molecule has 0 saturated heterocycles. The molecular formula is C16H32N2. The maximum absolute atomic E-state index is 8.63. The van der Waals surface area contributed by atoms with Gasteiger partial charge in [0, 0.05) is 19.0 Å². The van der Waals surface area contributed by atoms with Crippen molar-refractivity contribution in [2.24, 2.45) is 0 Å². The van der Waals surface area contributed by atoms with Crippen LogP contribution in [0.1, 0.15) is 78.6 Å². The quantitative estimate of drug-likeness (QED) is 0.469. The summed E-state index contributed by atoms with van der Waals surface area (Å²) in [5, 5.41) is 8.63. The van der Waals surface area contributed by atoms with Crippen molar-refractivity contribution in [3.8, 4) is 6.07 Å². The van der Waals surface area contributed by atoms with Gasteiger partial charge >= 0.3 is 0 Å². The fraction of sp³-hybridized carbons (Fsp3) is 0.938. The third kappa shape index (κ3) is 10.6. The second-order valence-corrected chi connectivity index (χ2v) is 5.51. The van der Waals surface area contributed by atoms with Gasteiger partial charge in [-0.3, -0.25) is 4.90 Å². The predicted molar refractivity (Wildman–Crippen MR) is 79.5 cm³/mol. The number of hydrogen-bond acceptors (Lipinski definition) is 2. The number of rotatable bonds is 12. The molecule has 0 aromatic carbocycles. The molecule has 0 heterocycles. The third-order valence-electron chi connectivity index (χ3n) is 3.54. The molecule has 0 amide bonds. The molecule has 0 aliphatic carbocycles. The van der Waals surface area contributed by atoms with Gasteiger partial charge in [0.1, 0.15) is 0 Å². The summed E-state index contributed by atoms with van der Waals surface area (Å²) >= 11 is 0. The van der Waals surface area contributed by atoms with Crippen molar-refractivity contribution in [3.63, 3.8) is 0 Å². The van der Waals surface area contributed by atoms with E-state index in [9.17, 15) is 0 Å². The third-order valence-corrected chi connectivity index (χ3v) is 3.54. The first-order valence-electron chi connectivity index (χ1n) is 7.83. The van der Waals surface area contributed by atoms with Gasteiger partial charge in [0.15, 0.2) is 0 Å². The molecule has 18 heavy (non-hydrogen) atoms. The van der Waals surface area contributed by atoms with E-state index in [1.807, 2.05) is 0 Å². The minimum Gasteiger partial charge on any atom is -0.300 e. The standard InChI is InChI=1S/C16H32N2/c1-4-5-6-7-8-9-10-11-14-18(16(2)3)15-12-13-17/h16H,4-12,14-15H2,1-3H3. The lowest BCUT2D eigenvalue weighted by Crippen LogP contribution is -2.32. The molecule has 0 unspecified atom stereocenters. The van der Waals surface area contributed by atoms with E-state index in [2.05, 4.69) is 31.7 Å². The summed E-state index contributed by atoms with van der Waals surface area (Å²) in [4.78, 5) is 2.43. The average molecular weight is 252 g/mol. The summed E-state index contributed by atoms with van der Waals surface area (Å²) in [6.45, 7) is 8.81. The zero-order chi connectivity index (χ0) is 13.6. The van der Waals surface area contributed by atoms with Crippen LogP contribution in [0.4, 0.5) is 0 Å². The first kappa shape index (κ1) is 17.4. The predicted octanol–water partition coefficient (Wildman–Crippen LogP) is 4.75. The Hall–Kier alpha value is -0.550. The van der Waals surface area contributed by atoms with Crippen molar-refractivity contribution in [1.82, 2.24) is 4.90 Å². The summed E-state index contributed by atoms with van der Waals surface area (Å²) in [7, 11) is 0. The molecule has 0 atom stereocenters. The van der Waals surface area contributed by atoms with Crippen LogP contribution in [0.3, 0.4) is 0 Å². The number of hydrogen-bond donors (Lipinski definition) is 0. The molecular weight excluding hydrogens is 220 g/mol. The number of unbranched alkanes of at least 4 members (excludes halogenated alkanes) is 7. The molecule has 0 spiro atoms. The first-order chi connectivity index (χ1) is 8.72. The molecule has 0 fully saturated rings. The van der Waals surface area contributed by atoms with Crippen molar-refractivity contribution in [1.29, 1.82) is 5.26 Å². The molecule has 2 nitrogen and oxygen atoms in total. The van der Waals surface area contributed by atoms with Crippen LogP contribution < -0.4 is 0 Å². The Kier molecular flexibility index (Phi) is 12.5. The topological polar surface area (TPSA) is 27.0 Å². The van der Waals surface area contributed by atoms with Crippen LogP contribution in [-0.2, 0) is 0 Å². The van der Waals surface area contributed by atoms with Crippen LogP contribution in [0.15, 0.2) is 0 Å². The lowest BCUT2D eigenvalue weighted by molar-refractivity contribution is 0.221. The Balaban J connectivity index is 3.41. The van der Waals surface area contributed by atoms with Gasteiger partial charge in [-0.15, -0.1) is 0 Å². The van der Waals surface area contributed by atoms with Crippen molar-refractivity contribution < 1.29 is 0 Å². The molecule has 0 aromatic heterocycles. The van der Waals surface area contributed by atoms with Crippen LogP contribution in [0.25, 0.3) is 0 Å². The van der Waals surface area contributed by atoms with Crippen molar-refractivity contribution >= 4 is 0 Å². The van der Waals surface area contributed by atoms with Crippen LogP contribution >= 0.6 is 0 Å². The van der Waals surface area contributed by atoms with E-state index >= 15 is 0 Å². The van der Waals surface area contributed by atoms with E-state index in [1.54, 1.807) is 0 Å². The van der Waals surface area contributed by atoms with E-state index < -0.39 is 0 Å². The van der Waals surface area contributed by atoms with Gasteiger partial charge in [0.05, 0.1) is 6.07 Å². The highest BCUT2D eigenvalue weighted by Gasteiger charge is 2.07. The van der Waals surface area contributed by atoms with Gasteiger partial charge in [-0.05, 0) is 26.8 Å². The molecule has 0 N–H and O–H groups in total. The van der Waals surface area contributed by atoms with Crippen LogP contribution in [0.2, 0.25) is 0 Å². The monoisotopic (exact) mass is 252 g/mol. The van der Waals surface area contributed by atoms with Gasteiger partial charge in [-0.2, -0.15) is 5.26 Å². The summed E-state index contributed by atoms with van der Waals surface area (Å²) in [6.07, 6.45) is 11.6. The minimum absolute atomic E-state index is 0.572. The van der Waals surface area contributed by atoms with Crippen molar-refractivity contribution in [3.05, 3.63) is 0 Å². The Morgan fingerprint density at radius 2 is 1.44 bits per heavy atom. The SMILES string of the molecule is CCCCCCCCCCN(CCC#N)C(C)C. The van der Waals surface area contributed by atoms with E-state index in [-0.39, 0.29) is 0 Å². The molecule has 0 radical (unpaired) electrons. The molecule has 106 valence electrons. The van der Waals surface area contributed by atoms with E-state index in [0.717, 1.165) is 13.1 Å².